The molecule has 4 N–H and O–H groups in total. The number of aliphatic carboxylic acids is 1. The molecule has 10 heteroatoms. The highest BCUT2D eigenvalue weighted by atomic mass is 32.2. The van der Waals surface area contributed by atoms with Crippen molar-refractivity contribution in [2.45, 2.75) is 55.8 Å². The number of carboxylic acids is 2. The van der Waals surface area contributed by atoms with Gasteiger partial charge in [-0.2, -0.15) is 0 Å². The fraction of sp³-hybridized carbons (Fsp3) is 0.250. The summed E-state index contributed by atoms with van der Waals surface area (Å²) in [5, 5.41) is 30.2. The van der Waals surface area contributed by atoms with E-state index in [4.69, 9.17) is 14.6 Å². The number of thioether (sulfide) groups is 1. The Hall–Kier alpha value is -4.48. The van der Waals surface area contributed by atoms with E-state index in [-0.39, 0.29) is 43.1 Å². The predicted octanol–water partition coefficient (Wildman–Crippen LogP) is 6.36. The monoisotopic (exact) mass is 641 g/mol. The van der Waals surface area contributed by atoms with Crippen LogP contribution in [0.2, 0.25) is 0 Å². The fourth-order valence-corrected chi connectivity index (χ4v) is 6.03. The predicted molar refractivity (Wildman–Crippen MR) is 173 cm³/mol. The van der Waals surface area contributed by atoms with Crippen LogP contribution in [0.3, 0.4) is 0 Å². The Morgan fingerprint density at radius 3 is 2.17 bits per heavy atom. The van der Waals surface area contributed by atoms with Crippen LogP contribution in [-0.4, -0.2) is 45.0 Å². The van der Waals surface area contributed by atoms with E-state index in [9.17, 15) is 24.6 Å². The molecule has 1 aliphatic rings. The second-order valence-corrected chi connectivity index (χ2v) is 12.1. The van der Waals surface area contributed by atoms with Crippen molar-refractivity contribution in [1.82, 2.24) is 5.32 Å². The number of aliphatic hydroxyl groups is 1. The van der Waals surface area contributed by atoms with Gasteiger partial charge in [-0.25, -0.2) is 4.79 Å². The van der Waals surface area contributed by atoms with Gasteiger partial charge in [-0.15, -0.1) is 11.8 Å². The Morgan fingerprint density at radius 1 is 0.783 bits per heavy atom. The molecule has 4 aromatic rings. The minimum atomic E-state index is -1.00. The van der Waals surface area contributed by atoms with E-state index in [2.05, 4.69) is 5.32 Å². The van der Waals surface area contributed by atoms with Crippen molar-refractivity contribution in [3.8, 4) is 11.1 Å². The molecule has 1 fully saturated rings. The number of ether oxygens (including phenoxy) is 2. The van der Waals surface area contributed by atoms with Crippen LogP contribution in [0.15, 0.2) is 102 Å². The summed E-state index contributed by atoms with van der Waals surface area (Å²) in [5.41, 5.74) is 5.78. The number of hydrogen-bond acceptors (Lipinski definition) is 7. The van der Waals surface area contributed by atoms with Gasteiger partial charge in [-0.1, -0.05) is 66.7 Å². The van der Waals surface area contributed by atoms with E-state index in [1.807, 2.05) is 72.8 Å². The van der Waals surface area contributed by atoms with Crippen LogP contribution in [0.1, 0.15) is 64.3 Å². The first-order chi connectivity index (χ1) is 22.3. The van der Waals surface area contributed by atoms with Crippen molar-refractivity contribution in [1.29, 1.82) is 0 Å². The first-order valence-corrected chi connectivity index (χ1v) is 15.9. The van der Waals surface area contributed by atoms with Crippen LogP contribution in [0, 0.1) is 0 Å². The van der Waals surface area contributed by atoms with E-state index < -0.39 is 18.2 Å². The Kier molecular flexibility index (Phi) is 11.2. The Morgan fingerprint density at radius 2 is 1.50 bits per heavy atom. The lowest BCUT2D eigenvalue weighted by molar-refractivity contribution is -0.245. The zero-order valence-corrected chi connectivity index (χ0v) is 25.8. The Bertz CT molecular complexity index is 1640. The Balaban J connectivity index is 1.28. The molecule has 0 aliphatic carbocycles. The average molecular weight is 642 g/mol. The first-order valence-electron chi connectivity index (χ1n) is 14.9. The van der Waals surface area contributed by atoms with Crippen molar-refractivity contribution in [3.63, 3.8) is 0 Å². The van der Waals surface area contributed by atoms with Crippen LogP contribution in [-0.2, 0) is 32.2 Å². The highest BCUT2D eigenvalue weighted by molar-refractivity contribution is 7.99. The lowest BCUT2D eigenvalue weighted by atomic mass is 9.99. The molecule has 0 bridgehead atoms. The maximum absolute atomic E-state index is 11.9. The van der Waals surface area contributed by atoms with Gasteiger partial charge in [0.2, 0.25) is 5.91 Å². The van der Waals surface area contributed by atoms with Gasteiger partial charge in [-0.3, -0.25) is 9.59 Å². The number of rotatable bonds is 13. The summed E-state index contributed by atoms with van der Waals surface area (Å²) in [6.07, 6.45) is -0.618. The summed E-state index contributed by atoms with van der Waals surface area (Å²) in [5.74, 6) is -1.62. The molecule has 46 heavy (non-hydrogen) atoms. The lowest BCUT2D eigenvalue weighted by Crippen LogP contribution is -2.31. The number of aromatic carboxylic acids is 1. The number of carbonyl (C=O) groups is 3. The zero-order valence-electron chi connectivity index (χ0n) is 25.0. The second kappa shape index (κ2) is 15.7. The number of benzene rings is 4. The highest BCUT2D eigenvalue weighted by Gasteiger charge is 2.32. The average Bonchev–Trinajstić information content (AvgIpc) is 3.09. The maximum Gasteiger partial charge on any atom is 0.335 e. The summed E-state index contributed by atoms with van der Waals surface area (Å²) >= 11 is 1.60. The molecule has 1 saturated heterocycles. The molecule has 0 aromatic heterocycles. The number of aliphatic hydroxyl groups excluding tert-OH is 1. The fourth-order valence-electron chi connectivity index (χ4n) is 5.11. The normalized spacial score (nSPS) is 17.7. The number of amides is 1. The topological polar surface area (TPSA) is 142 Å². The van der Waals surface area contributed by atoms with Crippen LogP contribution in [0.5, 0.6) is 0 Å². The third kappa shape index (κ3) is 9.04. The summed E-state index contributed by atoms with van der Waals surface area (Å²) in [7, 11) is 0. The third-order valence-electron chi connectivity index (χ3n) is 7.65. The molecule has 3 atom stereocenters. The van der Waals surface area contributed by atoms with E-state index in [0.29, 0.717) is 18.7 Å². The van der Waals surface area contributed by atoms with Crippen LogP contribution in [0.25, 0.3) is 11.1 Å². The number of carboxylic acid groups (broad SMARTS) is 2. The molecular weight excluding hydrogens is 606 g/mol. The van der Waals surface area contributed by atoms with Crippen LogP contribution in [0.4, 0.5) is 0 Å². The molecule has 9 nitrogen and oxygen atoms in total. The van der Waals surface area contributed by atoms with Gasteiger partial charge in [0.1, 0.15) is 0 Å². The van der Waals surface area contributed by atoms with E-state index in [1.54, 1.807) is 36.0 Å². The van der Waals surface area contributed by atoms with Crippen molar-refractivity contribution in [2.24, 2.45) is 0 Å². The molecule has 4 aromatic carbocycles. The number of nitrogens with one attached hydrogen (secondary N) is 1. The van der Waals surface area contributed by atoms with Crippen LogP contribution < -0.4 is 5.32 Å². The SMILES string of the molecule is O=C(O)CCC(=O)NCc1cccc(-c2ccc(C3OC(CSc4ccc(C(=O)O)cc4)CC(c4ccc(CO)cc4)O3)cc2)c1. The maximum atomic E-state index is 11.9. The molecule has 5 rings (SSSR count). The lowest BCUT2D eigenvalue weighted by Gasteiger charge is -2.36. The smallest absolute Gasteiger partial charge is 0.335 e. The molecule has 0 spiro atoms. The van der Waals surface area contributed by atoms with Gasteiger partial charge in [0.05, 0.1) is 30.8 Å². The van der Waals surface area contributed by atoms with Gasteiger partial charge in [0, 0.05) is 35.6 Å². The van der Waals surface area contributed by atoms with Crippen LogP contribution >= 0.6 is 11.8 Å². The summed E-state index contributed by atoms with van der Waals surface area (Å²) in [4.78, 5) is 34.8. The molecule has 3 unspecified atom stereocenters. The first kappa shape index (κ1) is 32.9. The standard InChI is InChI=1S/C36H35NO8S/c38-21-23-4-6-26(7-5-23)32-19-30(22-46-31-14-12-27(13-15-31)35(42)43)44-36(45-32)28-10-8-25(9-11-28)29-3-1-2-24(18-29)20-37-33(39)16-17-34(40)41/h1-15,18,30,32,36,38H,16-17,19-22H2,(H,37,39)(H,40,41)(H,42,43). The summed E-state index contributed by atoms with van der Waals surface area (Å²) in [6.45, 7) is 0.270. The van der Waals surface area contributed by atoms with E-state index >= 15 is 0 Å². The van der Waals surface area contributed by atoms with Crippen molar-refractivity contribution in [2.75, 3.05) is 5.75 Å². The van der Waals surface area contributed by atoms with E-state index in [0.717, 1.165) is 38.3 Å². The quantitative estimate of drug-likeness (QED) is 0.123. The molecule has 238 valence electrons. The minimum absolute atomic E-state index is 0.0336. The van der Waals surface area contributed by atoms with Gasteiger partial charge in [0.15, 0.2) is 6.29 Å². The van der Waals surface area contributed by atoms with Gasteiger partial charge in [0.25, 0.3) is 0 Å². The van der Waals surface area contributed by atoms with Gasteiger partial charge >= 0.3 is 11.9 Å². The van der Waals surface area contributed by atoms with Crippen molar-refractivity contribution >= 4 is 29.6 Å². The number of hydrogen-bond donors (Lipinski definition) is 4. The molecular formula is C36H35NO8S. The second-order valence-electron chi connectivity index (χ2n) is 11.0. The summed E-state index contributed by atoms with van der Waals surface area (Å²) < 4.78 is 12.9. The number of carbonyl (C=O) groups excluding carboxylic acids is 1. The van der Waals surface area contributed by atoms with Gasteiger partial charge in [-0.05, 0) is 58.1 Å². The minimum Gasteiger partial charge on any atom is -0.481 e. The zero-order chi connectivity index (χ0) is 32.5. The van der Waals surface area contributed by atoms with Gasteiger partial charge < -0.3 is 30.1 Å². The molecule has 1 amide bonds. The molecule has 0 radical (unpaired) electrons. The molecule has 1 aliphatic heterocycles. The Labute approximate surface area is 271 Å². The largest absolute Gasteiger partial charge is 0.481 e. The van der Waals surface area contributed by atoms with Crippen molar-refractivity contribution in [3.05, 3.63) is 125 Å². The van der Waals surface area contributed by atoms with Crippen molar-refractivity contribution < 1.29 is 39.2 Å². The molecule has 0 saturated carbocycles. The summed E-state index contributed by atoms with van der Waals surface area (Å²) in [6, 6.07) is 30.3. The highest BCUT2D eigenvalue weighted by Crippen LogP contribution is 2.40. The third-order valence-corrected chi connectivity index (χ3v) is 8.79. The molecule has 1 heterocycles. The van der Waals surface area contributed by atoms with E-state index in [1.165, 1.54) is 0 Å².